The van der Waals surface area contributed by atoms with Gasteiger partial charge in [0, 0.05) is 24.3 Å². The van der Waals surface area contributed by atoms with Crippen molar-refractivity contribution in [2.45, 2.75) is 64.4 Å². The number of allylic oxidation sites excluding steroid dienone is 4. The van der Waals surface area contributed by atoms with Gasteiger partial charge in [-0.2, -0.15) is 0 Å². The van der Waals surface area contributed by atoms with Crippen LogP contribution < -0.4 is 0 Å². The fraction of sp³-hybridized carbons (Fsp3) is 0.727. The quantitative estimate of drug-likeness (QED) is 0.610. The number of nitrogens with zero attached hydrogens (tertiary/aromatic N) is 1. The molecule has 4 heteroatoms. The van der Waals surface area contributed by atoms with E-state index in [1.807, 2.05) is 13.1 Å². The molecule has 26 heavy (non-hydrogen) atoms. The van der Waals surface area contributed by atoms with Crippen LogP contribution in [0, 0.1) is 22.7 Å². The van der Waals surface area contributed by atoms with E-state index in [2.05, 4.69) is 19.9 Å². The van der Waals surface area contributed by atoms with Crippen molar-refractivity contribution in [2.75, 3.05) is 13.6 Å². The number of carbonyl (C=O) groups excluding carboxylic acids is 2. The summed E-state index contributed by atoms with van der Waals surface area (Å²) in [6, 6.07) is 0. The van der Waals surface area contributed by atoms with Gasteiger partial charge in [-0.15, -0.1) is 0 Å². The van der Waals surface area contributed by atoms with Gasteiger partial charge >= 0.3 is 6.09 Å². The molecular formula is C22H29NO3. The number of likely N-dealkylation sites (N-methyl/N-ethyl adjacent to an activating group) is 1. The van der Waals surface area contributed by atoms with E-state index in [0.717, 1.165) is 45.1 Å². The van der Waals surface area contributed by atoms with Gasteiger partial charge < -0.3 is 9.64 Å². The van der Waals surface area contributed by atoms with Gasteiger partial charge in [0.2, 0.25) is 0 Å². The van der Waals surface area contributed by atoms with E-state index in [1.165, 1.54) is 5.57 Å². The lowest BCUT2D eigenvalue weighted by Gasteiger charge is -2.54. The summed E-state index contributed by atoms with van der Waals surface area (Å²) in [5.41, 5.74) is 2.74. The summed E-state index contributed by atoms with van der Waals surface area (Å²) in [7, 11) is 1.86. The number of ketones is 1. The van der Waals surface area contributed by atoms with E-state index in [0.29, 0.717) is 24.0 Å². The molecule has 0 radical (unpaired) electrons. The normalized spacial score (nSPS) is 47.1. The molecule has 5 atom stereocenters. The van der Waals surface area contributed by atoms with Crippen molar-refractivity contribution in [3.05, 3.63) is 23.3 Å². The molecule has 0 aromatic heterocycles. The standard InChI is InChI=1S/C22H29NO3/c1-20-9-6-15(24)12-14(20)4-5-16-17(20)7-10-21(2)18(16)8-11-22(21)13-23(3)19(25)26-22/h7,12,16,18H,4-6,8-11,13H2,1-3H3/t16?,18?,20-,21-,22+/m0/s1. The predicted octanol–water partition coefficient (Wildman–Crippen LogP) is 4.26. The van der Waals surface area contributed by atoms with E-state index in [9.17, 15) is 9.59 Å². The van der Waals surface area contributed by atoms with E-state index in [-0.39, 0.29) is 22.5 Å². The Morgan fingerprint density at radius 2 is 1.96 bits per heavy atom. The van der Waals surface area contributed by atoms with E-state index in [4.69, 9.17) is 4.74 Å². The zero-order chi connectivity index (χ0) is 18.3. The Balaban J connectivity index is 1.55. The van der Waals surface area contributed by atoms with Crippen LogP contribution in [0.15, 0.2) is 23.3 Å². The topological polar surface area (TPSA) is 46.6 Å². The number of hydrogen-bond acceptors (Lipinski definition) is 3. The summed E-state index contributed by atoms with van der Waals surface area (Å²) in [5.74, 6) is 1.46. The van der Waals surface area contributed by atoms with Crippen LogP contribution >= 0.6 is 0 Å². The molecule has 1 saturated heterocycles. The van der Waals surface area contributed by atoms with Crippen molar-refractivity contribution in [3.63, 3.8) is 0 Å². The highest BCUT2D eigenvalue weighted by Gasteiger charge is 2.66. The summed E-state index contributed by atoms with van der Waals surface area (Å²) in [6.07, 6.45) is 11.2. The summed E-state index contributed by atoms with van der Waals surface area (Å²) in [6.45, 7) is 5.45. The van der Waals surface area contributed by atoms with Crippen molar-refractivity contribution in [1.82, 2.24) is 4.90 Å². The van der Waals surface area contributed by atoms with Crippen LogP contribution in [-0.2, 0) is 9.53 Å². The Kier molecular flexibility index (Phi) is 3.20. The lowest BCUT2D eigenvalue weighted by molar-refractivity contribution is -0.115. The molecule has 2 unspecified atom stereocenters. The van der Waals surface area contributed by atoms with Crippen LogP contribution in [0.2, 0.25) is 0 Å². The largest absolute Gasteiger partial charge is 0.440 e. The van der Waals surface area contributed by atoms with Gasteiger partial charge in [0.15, 0.2) is 5.78 Å². The third kappa shape index (κ3) is 1.86. The van der Waals surface area contributed by atoms with Crippen LogP contribution in [0.5, 0.6) is 0 Å². The maximum Gasteiger partial charge on any atom is 0.410 e. The number of hydrogen-bond donors (Lipinski definition) is 0. The first kappa shape index (κ1) is 16.6. The van der Waals surface area contributed by atoms with Gasteiger partial charge in [0.1, 0.15) is 5.60 Å². The summed E-state index contributed by atoms with van der Waals surface area (Å²) < 4.78 is 6.02. The molecule has 0 aromatic rings. The molecule has 140 valence electrons. The number of fused-ring (bicyclic) bond motifs is 6. The van der Waals surface area contributed by atoms with E-state index < -0.39 is 0 Å². The van der Waals surface area contributed by atoms with Gasteiger partial charge in [-0.1, -0.05) is 31.1 Å². The molecule has 4 aliphatic carbocycles. The third-order valence-corrected chi connectivity index (χ3v) is 8.71. The molecule has 4 nitrogen and oxygen atoms in total. The third-order valence-electron chi connectivity index (χ3n) is 8.71. The molecule has 1 aliphatic heterocycles. The number of carbonyl (C=O) groups is 2. The average molecular weight is 355 g/mol. The summed E-state index contributed by atoms with van der Waals surface area (Å²) in [4.78, 5) is 25.8. The fourth-order valence-corrected chi connectivity index (χ4v) is 7.10. The molecule has 5 rings (SSSR count). The second-order valence-electron chi connectivity index (χ2n) is 9.76. The SMILES string of the molecule is CN1C[C@@]2(CCC3C4CCC5=CC(=O)CC[C@]5(C)C4=CC[C@@]32C)OC1=O. The lowest BCUT2D eigenvalue weighted by atomic mass is 9.50. The zero-order valence-corrected chi connectivity index (χ0v) is 16.1. The number of ether oxygens (including phenoxy) is 1. The summed E-state index contributed by atoms with van der Waals surface area (Å²) >= 11 is 0. The van der Waals surface area contributed by atoms with Crippen molar-refractivity contribution >= 4 is 11.9 Å². The highest BCUT2D eigenvalue weighted by atomic mass is 16.6. The Morgan fingerprint density at radius 1 is 1.15 bits per heavy atom. The van der Waals surface area contributed by atoms with E-state index >= 15 is 0 Å². The second-order valence-corrected chi connectivity index (χ2v) is 9.76. The number of rotatable bonds is 0. The average Bonchev–Trinajstić information content (AvgIpc) is 3.05. The molecular weight excluding hydrogens is 326 g/mol. The number of amides is 1. The van der Waals surface area contributed by atoms with Crippen LogP contribution in [0.1, 0.15) is 58.8 Å². The van der Waals surface area contributed by atoms with Crippen LogP contribution in [0.25, 0.3) is 0 Å². The Bertz CT molecular complexity index is 767. The van der Waals surface area contributed by atoms with Crippen molar-refractivity contribution in [1.29, 1.82) is 0 Å². The van der Waals surface area contributed by atoms with Crippen molar-refractivity contribution in [2.24, 2.45) is 22.7 Å². The van der Waals surface area contributed by atoms with Crippen LogP contribution in [0.3, 0.4) is 0 Å². The highest BCUT2D eigenvalue weighted by molar-refractivity contribution is 5.92. The first-order chi connectivity index (χ1) is 12.3. The lowest BCUT2D eigenvalue weighted by Crippen LogP contribution is -2.52. The first-order valence-corrected chi connectivity index (χ1v) is 10.2. The Hall–Kier alpha value is -1.58. The van der Waals surface area contributed by atoms with Gasteiger partial charge in [0.05, 0.1) is 6.54 Å². The zero-order valence-electron chi connectivity index (χ0n) is 16.1. The maximum absolute atomic E-state index is 12.2. The Labute approximate surface area is 155 Å². The maximum atomic E-state index is 12.2. The molecule has 0 aromatic carbocycles. The van der Waals surface area contributed by atoms with Gasteiger partial charge in [-0.05, 0) is 56.4 Å². The minimum absolute atomic E-state index is 0.0314. The minimum atomic E-state index is -0.314. The minimum Gasteiger partial charge on any atom is -0.440 e. The molecule has 2 saturated carbocycles. The molecule has 3 fully saturated rings. The highest BCUT2D eigenvalue weighted by Crippen LogP contribution is 2.67. The van der Waals surface area contributed by atoms with Crippen molar-refractivity contribution < 1.29 is 14.3 Å². The monoisotopic (exact) mass is 355 g/mol. The predicted molar refractivity (Wildman–Crippen MR) is 98.5 cm³/mol. The van der Waals surface area contributed by atoms with Crippen molar-refractivity contribution in [3.8, 4) is 0 Å². The summed E-state index contributed by atoms with van der Waals surface area (Å²) in [5, 5.41) is 0. The van der Waals surface area contributed by atoms with Gasteiger partial charge in [-0.3, -0.25) is 4.79 Å². The molecule has 1 amide bonds. The smallest absolute Gasteiger partial charge is 0.410 e. The molecule has 1 heterocycles. The first-order valence-electron chi connectivity index (χ1n) is 10.2. The molecule has 1 spiro atoms. The molecule has 0 bridgehead atoms. The van der Waals surface area contributed by atoms with Gasteiger partial charge in [-0.25, -0.2) is 4.79 Å². The van der Waals surface area contributed by atoms with E-state index in [1.54, 1.807) is 10.5 Å². The van der Waals surface area contributed by atoms with Crippen LogP contribution in [0.4, 0.5) is 4.79 Å². The Morgan fingerprint density at radius 3 is 2.69 bits per heavy atom. The fourth-order valence-electron chi connectivity index (χ4n) is 7.10. The van der Waals surface area contributed by atoms with Crippen LogP contribution in [-0.4, -0.2) is 36.0 Å². The molecule has 0 N–H and O–H groups in total. The molecule has 5 aliphatic rings. The van der Waals surface area contributed by atoms with Gasteiger partial charge in [0.25, 0.3) is 0 Å². The second kappa shape index (κ2) is 5.02.